The molecule has 0 radical (unpaired) electrons. The first kappa shape index (κ1) is 11.5. The molecular formula is C10H15ClN4O. The molecule has 2 rings (SSSR count). The quantitative estimate of drug-likeness (QED) is 0.823. The zero-order valence-corrected chi connectivity index (χ0v) is 9.91. The monoisotopic (exact) mass is 242 g/mol. The Morgan fingerprint density at radius 2 is 2.19 bits per heavy atom. The summed E-state index contributed by atoms with van der Waals surface area (Å²) in [5, 5.41) is 20.7. The molecule has 2 N–H and O–H groups in total. The van der Waals surface area contributed by atoms with Crippen LogP contribution >= 0.6 is 11.6 Å². The number of rotatable bonds is 2. The Balaban J connectivity index is 2.00. The number of aliphatic hydroxyl groups excluding tert-OH is 1. The number of hydrogen-bond donors (Lipinski definition) is 2. The summed E-state index contributed by atoms with van der Waals surface area (Å²) in [6.45, 7) is 1.79. The molecular weight excluding hydrogens is 228 g/mol. The highest BCUT2D eigenvalue weighted by Crippen LogP contribution is 2.21. The summed E-state index contributed by atoms with van der Waals surface area (Å²) in [5.74, 6) is 0.487. The normalized spacial score (nSPS) is 25.4. The zero-order valence-electron chi connectivity index (χ0n) is 9.15. The third-order valence-corrected chi connectivity index (χ3v) is 3.13. The topological polar surface area (TPSA) is 70.9 Å². The molecule has 5 nitrogen and oxygen atoms in total. The molecule has 1 heterocycles. The maximum Gasteiger partial charge on any atom is 0.243 e. The number of aliphatic hydroxyl groups is 1. The molecule has 6 heteroatoms. The fraction of sp³-hybridized carbons (Fsp3) is 0.700. The molecule has 0 aliphatic heterocycles. The Hall–Kier alpha value is -0.940. The van der Waals surface area contributed by atoms with E-state index >= 15 is 0 Å². The molecule has 16 heavy (non-hydrogen) atoms. The van der Waals surface area contributed by atoms with Crippen LogP contribution in [0, 0.1) is 6.92 Å². The van der Waals surface area contributed by atoms with Gasteiger partial charge in [0.1, 0.15) is 0 Å². The van der Waals surface area contributed by atoms with Crippen molar-refractivity contribution in [2.75, 3.05) is 5.32 Å². The number of aryl methyl sites for hydroxylation is 1. The van der Waals surface area contributed by atoms with Gasteiger partial charge >= 0.3 is 0 Å². The summed E-state index contributed by atoms with van der Waals surface area (Å²) in [5.41, 5.74) is 0.663. The highest BCUT2D eigenvalue weighted by Gasteiger charge is 2.20. The molecule has 1 fully saturated rings. The first-order chi connectivity index (χ1) is 7.65. The molecule has 88 valence electrons. The van der Waals surface area contributed by atoms with Gasteiger partial charge in [-0.1, -0.05) is 11.6 Å². The van der Waals surface area contributed by atoms with Crippen molar-refractivity contribution in [2.24, 2.45) is 0 Å². The molecule has 1 aromatic heterocycles. The van der Waals surface area contributed by atoms with E-state index < -0.39 is 0 Å². The molecule has 0 aromatic carbocycles. The third kappa shape index (κ3) is 2.80. The van der Waals surface area contributed by atoms with Gasteiger partial charge in [0.15, 0.2) is 5.15 Å². The Bertz CT molecular complexity index is 374. The zero-order chi connectivity index (χ0) is 11.5. The van der Waals surface area contributed by atoms with Gasteiger partial charge < -0.3 is 10.4 Å². The van der Waals surface area contributed by atoms with E-state index in [1.54, 1.807) is 6.92 Å². The van der Waals surface area contributed by atoms with Gasteiger partial charge in [0.2, 0.25) is 5.95 Å². The average molecular weight is 243 g/mol. The van der Waals surface area contributed by atoms with Gasteiger partial charge in [-0.05, 0) is 32.6 Å². The van der Waals surface area contributed by atoms with Crippen LogP contribution in [0.5, 0.6) is 0 Å². The number of aromatic nitrogens is 3. The van der Waals surface area contributed by atoms with E-state index in [2.05, 4.69) is 20.5 Å². The van der Waals surface area contributed by atoms with E-state index in [-0.39, 0.29) is 12.1 Å². The van der Waals surface area contributed by atoms with Crippen LogP contribution in [0.4, 0.5) is 5.95 Å². The Kier molecular flexibility index (Phi) is 3.56. The highest BCUT2D eigenvalue weighted by molar-refractivity contribution is 6.29. The number of halogens is 1. The summed E-state index contributed by atoms with van der Waals surface area (Å²) in [6.07, 6.45) is 3.47. The van der Waals surface area contributed by atoms with Crippen molar-refractivity contribution < 1.29 is 5.11 Å². The second-order valence-corrected chi connectivity index (χ2v) is 4.53. The molecule has 1 aliphatic carbocycles. The van der Waals surface area contributed by atoms with Gasteiger partial charge in [-0.2, -0.15) is 0 Å². The van der Waals surface area contributed by atoms with Crippen molar-refractivity contribution in [3.63, 3.8) is 0 Å². The van der Waals surface area contributed by atoms with Crippen LogP contribution in [0.25, 0.3) is 0 Å². The van der Waals surface area contributed by atoms with Crippen molar-refractivity contribution >= 4 is 17.5 Å². The van der Waals surface area contributed by atoms with E-state index in [1.807, 2.05) is 0 Å². The predicted molar refractivity (Wildman–Crippen MR) is 61.5 cm³/mol. The molecule has 1 saturated carbocycles. The molecule has 0 amide bonds. The lowest BCUT2D eigenvalue weighted by Crippen LogP contribution is -2.30. The number of hydrogen-bond acceptors (Lipinski definition) is 5. The Morgan fingerprint density at radius 1 is 1.38 bits per heavy atom. The average Bonchev–Trinajstić information content (AvgIpc) is 2.24. The van der Waals surface area contributed by atoms with Crippen LogP contribution in [0.1, 0.15) is 31.4 Å². The summed E-state index contributed by atoms with van der Waals surface area (Å²) < 4.78 is 0. The molecule has 0 bridgehead atoms. The van der Waals surface area contributed by atoms with E-state index in [1.165, 1.54) is 0 Å². The molecule has 1 unspecified atom stereocenters. The smallest absolute Gasteiger partial charge is 0.243 e. The SMILES string of the molecule is Cc1nc(NC2CCC[C@@H](O)C2)nnc1Cl. The molecule has 2 atom stereocenters. The highest BCUT2D eigenvalue weighted by atomic mass is 35.5. The van der Waals surface area contributed by atoms with E-state index in [9.17, 15) is 5.11 Å². The maximum absolute atomic E-state index is 9.54. The Labute approximate surface area is 99.3 Å². The van der Waals surface area contributed by atoms with Crippen molar-refractivity contribution in [1.29, 1.82) is 0 Å². The first-order valence-electron chi connectivity index (χ1n) is 5.46. The standard InChI is InChI=1S/C10H15ClN4O/c1-6-9(11)14-15-10(12-6)13-7-3-2-4-8(16)5-7/h7-8,16H,2-5H2,1H3,(H,12,13,15)/t7?,8-/m1/s1. The van der Waals surface area contributed by atoms with E-state index in [0.29, 0.717) is 16.8 Å². The molecule has 0 saturated heterocycles. The largest absolute Gasteiger partial charge is 0.393 e. The van der Waals surface area contributed by atoms with Crippen LogP contribution in [0.15, 0.2) is 0 Å². The minimum absolute atomic E-state index is 0.215. The van der Waals surface area contributed by atoms with Crippen molar-refractivity contribution in [1.82, 2.24) is 15.2 Å². The van der Waals surface area contributed by atoms with Gasteiger partial charge in [-0.15, -0.1) is 10.2 Å². The van der Waals surface area contributed by atoms with Gasteiger partial charge in [-0.25, -0.2) is 4.98 Å². The predicted octanol–water partition coefficient (Wildman–Crippen LogP) is 1.55. The summed E-state index contributed by atoms with van der Waals surface area (Å²) in [6, 6.07) is 0.228. The van der Waals surface area contributed by atoms with E-state index in [4.69, 9.17) is 11.6 Å². The van der Waals surface area contributed by atoms with Crippen LogP contribution in [0.3, 0.4) is 0 Å². The molecule has 1 aromatic rings. The maximum atomic E-state index is 9.54. The second kappa shape index (κ2) is 4.93. The van der Waals surface area contributed by atoms with Crippen molar-refractivity contribution in [3.8, 4) is 0 Å². The second-order valence-electron chi connectivity index (χ2n) is 4.17. The first-order valence-corrected chi connectivity index (χ1v) is 5.84. The minimum atomic E-state index is -0.215. The van der Waals surface area contributed by atoms with Crippen LogP contribution < -0.4 is 5.32 Å². The van der Waals surface area contributed by atoms with Crippen LogP contribution in [0.2, 0.25) is 5.15 Å². The number of nitrogens with one attached hydrogen (secondary N) is 1. The number of anilines is 1. The molecule has 0 spiro atoms. The summed E-state index contributed by atoms with van der Waals surface area (Å²) in [7, 11) is 0. The van der Waals surface area contributed by atoms with Gasteiger partial charge in [0, 0.05) is 6.04 Å². The van der Waals surface area contributed by atoms with Crippen LogP contribution in [-0.4, -0.2) is 32.4 Å². The summed E-state index contributed by atoms with van der Waals surface area (Å²) in [4.78, 5) is 4.19. The van der Waals surface area contributed by atoms with Crippen molar-refractivity contribution in [2.45, 2.75) is 44.8 Å². The van der Waals surface area contributed by atoms with Gasteiger partial charge in [0.05, 0.1) is 11.8 Å². The van der Waals surface area contributed by atoms with Crippen LogP contribution in [-0.2, 0) is 0 Å². The number of nitrogens with zero attached hydrogens (tertiary/aromatic N) is 3. The minimum Gasteiger partial charge on any atom is -0.393 e. The molecule has 1 aliphatic rings. The lowest BCUT2D eigenvalue weighted by Gasteiger charge is -2.26. The fourth-order valence-corrected chi connectivity index (χ4v) is 2.01. The lowest BCUT2D eigenvalue weighted by molar-refractivity contribution is 0.124. The van der Waals surface area contributed by atoms with E-state index in [0.717, 1.165) is 25.7 Å². The van der Waals surface area contributed by atoms with Gasteiger partial charge in [-0.3, -0.25) is 0 Å². The fourth-order valence-electron chi connectivity index (χ4n) is 1.93. The Morgan fingerprint density at radius 3 is 2.88 bits per heavy atom. The van der Waals surface area contributed by atoms with Gasteiger partial charge in [0.25, 0.3) is 0 Å². The third-order valence-electron chi connectivity index (χ3n) is 2.78. The van der Waals surface area contributed by atoms with Crippen molar-refractivity contribution in [3.05, 3.63) is 10.8 Å². The lowest BCUT2D eigenvalue weighted by atomic mass is 9.93. The summed E-state index contributed by atoms with van der Waals surface area (Å²) >= 11 is 5.74.